The summed E-state index contributed by atoms with van der Waals surface area (Å²) in [6, 6.07) is 5.98. The van der Waals surface area contributed by atoms with E-state index in [1.807, 2.05) is 36.0 Å². The Morgan fingerprint density at radius 2 is 2.00 bits per heavy atom. The van der Waals surface area contributed by atoms with Gasteiger partial charge in [0.1, 0.15) is 0 Å². The van der Waals surface area contributed by atoms with Gasteiger partial charge in [0.15, 0.2) is 0 Å². The molecule has 1 aliphatic carbocycles. The van der Waals surface area contributed by atoms with Crippen LogP contribution < -0.4 is 10.6 Å². The highest BCUT2D eigenvalue weighted by Gasteiger charge is 2.34. The molecule has 1 aromatic carbocycles. The van der Waals surface area contributed by atoms with E-state index in [-0.39, 0.29) is 5.91 Å². The maximum absolute atomic E-state index is 12.9. The lowest BCUT2D eigenvalue weighted by atomic mass is 10.1. The third-order valence-electron chi connectivity index (χ3n) is 3.54. The summed E-state index contributed by atoms with van der Waals surface area (Å²) in [6.45, 7) is 5.11. The zero-order valence-corrected chi connectivity index (χ0v) is 12.9. The summed E-state index contributed by atoms with van der Waals surface area (Å²) in [5, 5.41) is 0. The molecule has 4 nitrogen and oxygen atoms in total. The van der Waals surface area contributed by atoms with E-state index in [9.17, 15) is 4.79 Å². The fraction of sp³-hybridized carbons (Fsp3) is 0.562. The average Bonchev–Trinajstić information content (AvgIpc) is 3.18. The molecule has 0 bridgehead atoms. The number of hydrogen-bond acceptors (Lipinski definition) is 3. The molecule has 0 spiro atoms. The number of hydrogen-bond donors (Lipinski definition) is 1. The molecule has 1 fully saturated rings. The molecule has 0 heterocycles. The van der Waals surface area contributed by atoms with Crippen molar-refractivity contribution in [3.05, 3.63) is 23.8 Å². The van der Waals surface area contributed by atoms with Crippen molar-refractivity contribution in [2.75, 3.05) is 31.3 Å². The maximum atomic E-state index is 12.9. The van der Waals surface area contributed by atoms with Crippen molar-refractivity contribution in [2.24, 2.45) is 5.92 Å². The van der Waals surface area contributed by atoms with Crippen LogP contribution in [0.3, 0.4) is 0 Å². The number of carbonyl (C=O) groups is 1. The molecule has 4 heteroatoms. The smallest absolute Gasteiger partial charge is 0.256 e. The molecule has 1 aromatic rings. The summed E-state index contributed by atoms with van der Waals surface area (Å²) in [6.07, 6.45) is 2.25. The van der Waals surface area contributed by atoms with Gasteiger partial charge in [-0.2, -0.15) is 0 Å². The average molecular weight is 275 g/mol. The SMILES string of the molecule is CC(C)CN(C(=O)c1cc(N)ccc1N(C)C)C1CC1. The Hall–Kier alpha value is -1.71. The topological polar surface area (TPSA) is 49.6 Å². The van der Waals surface area contributed by atoms with Gasteiger partial charge < -0.3 is 15.5 Å². The predicted octanol–water partition coefficient (Wildman–Crippen LogP) is 2.60. The van der Waals surface area contributed by atoms with Crippen molar-refractivity contribution >= 4 is 17.3 Å². The van der Waals surface area contributed by atoms with Crippen LogP contribution in [0, 0.1) is 5.92 Å². The van der Waals surface area contributed by atoms with E-state index >= 15 is 0 Å². The number of benzene rings is 1. The third-order valence-corrected chi connectivity index (χ3v) is 3.54. The lowest BCUT2D eigenvalue weighted by Gasteiger charge is -2.27. The Labute approximate surface area is 121 Å². The van der Waals surface area contributed by atoms with E-state index in [1.165, 1.54) is 0 Å². The molecule has 20 heavy (non-hydrogen) atoms. The summed E-state index contributed by atoms with van der Waals surface area (Å²) in [7, 11) is 3.90. The van der Waals surface area contributed by atoms with Crippen molar-refractivity contribution in [3.63, 3.8) is 0 Å². The fourth-order valence-electron chi connectivity index (χ4n) is 2.45. The Bertz CT molecular complexity index is 492. The Morgan fingerprint density at radius 1 is 1.35 bits per heavy atom. The zero-order valence-electron chi connectivity index (χ0n) is 12.9. The molecule has 0 aliphatic heterocycles. The third kappa shape index (κ3) is 3.24. The summed E-state index contributed by atoms with van der Waals surface area (Å²) in [4.78, 5) is 16.9. The lowest BCUT2D eigenvalue weighted by Crippen LogP contribution is -2.36. The molecular formula is C16H25N3O. The van der Waals surface area contributed by atoms with Gasteiger partial charge in [-0.15, -0.1) is 0 Å². The zero-order chi connectivity index (χ0) is 14.9. The van der Waals surface area contributed by atoms with Gasteiger partial charge >= 0.3 is 0 Å². The highest BCUT2D eigenvalue weighted by atomic mass is 16.2. The van der Waals surface area contributed by atoms with Gasteiger partial charge in [-0.25, -0.2) is 0 Å². The van der Waals surface area contributed by atoms with Crippen LogP contribution in [-0.2, 0) is 0 Å². The van der Waals surface area contributed by atoms with Crippen molar-refractivity contribution < 1.29 is 4.79 Å². The first-order chi connectivity index (χ1) is 9.40. The van der Waals surface area contributed by atoms with Crippen LogP contribution in [-0.4, -0.2) is 37.5 Å². The number of anilines is 2. The number of nitrogens with two attached hydrogens (primary N) is 1. The van der Waals surface area contributed by atoms with Crippen molar-refractivity contribution in [1.29, 1.82) is 0 Å². The molecule has 110 valence electrons. The number of rotatable bonds is 5. The van der Waals surface area contributed by atoms with Gasteiger partial charge in [-0.1, -0.05) is 13.8 Å². The molecule has 2 rings (SSSR count). The fourth-order valence-corrected chi connectivity index (χ4v) is 2.45. The molecule has 0 radical (unpaired) electrons. The van der Waals surface area contributed by atoms with Crippen LogP contribution >= 0.6 is 0 Å². The minimum atomic E-state index is 0.109. The maximum Gasteiger partial charge on any atom is 0.256 e. The van der Waals surface area contributed by atoms with Crippen LogP contribution in [0.15, 0.2) is 18.2 Å². The number of amides is 1. The first-order valence-electron chi connectivity index (χ1n) is 7.28. The van der Waals surface area contributed by atoms with E-state index in [2.05, 4.69) is 13.8 Å². The summed E-state index contributed by atoms with van der Waals surface area (Å²) < 4.78 is 0. The second-order valence-electron chi connectivity index (χ2n) is 6.25. The minimum Gasteiger partial charge on any atom is -0.399 e. The Balaban J connectivity index is 2.32. The molecule has 1 aliphatic rings. The normalized spacial score (nSPS) is 14.4. The highest BCUT2D eigenvalue weighted by molar-refractivity contribution is 6.01. The monoisotopic (exact) mass is 275 g/mol. The van der Waals surface area contributed by atoms with Gasteiger partial charge in [0, 0.05) is 38.1 Å². The Morgan fingerprint density at radius 3 is 2.50 bits per heavy atom. The molecule has 2 N–H and O–H groups in total. The summed E-state index contributed by atoms with van der Waals surface area (Å²) in [5.41, 5.74) is 8.15. The summed E-state index contributed by atoms with van der Waals surface area (Å²) >= 11 is 0. The molecule has 0 unspecified atom stereocenters. The van der Waals surface area contributed by atoms with Crippen molar-refractivity contribution in [3.8, 4) is 0 Å². The highest BCUT2D eigenvalue weighted by Crippen LogP contribution is 2.31. The quantitative estimate of drug-likeness (QED) is 0.840. The molecule has 0 saturated heterocycles. The van der Waals surface area contributed by atoms with E-state index < -0.39 is 0 Å². The second-order valence-corrected chi connectivity index (χ2v) is 6.25. The molecular weight excluding hydrogens is 250 g/mol. The lowest BCUT2D eigenvalue weighted by molar-refractivity contribution is 0.0723. The van der Waals surface area contributed by atoms with Gasteiger partial charge in [0.25, 0.3) is 5.91 Å². The molecule has 1 amide bonds. The van der Waals surface area contributed by atoms with Crippen LogP contribution in [0.4, 0.5) is 11.4 Å². The van der Waals surface area contributed by atoms with Gasteiger partial charge in [0.05, 0.1) is 5.56 Å². The number of nitrogens with zero attached hydrogens (tertiary/aromatic N) is 2. The van der Waals surface area contributed by atoms with E-state index in [4.69, 9.17) is 5.73 Å². The van der Waals surface area contributed by atoms with E-state index in [0.717, 1.165) is 25.1 Å². The van der Waals surface area contributed by atoms with Crippen molar-refractivity contribution in [1.82, 2.24) is 4.90 Å². The largest absolute Gasteiger partial charge is 0.399 e. The summed E-state index contributed by atoms with van der Waals surface area (Å²) in [5.74, 6) is 0.584. The van der Waals surface area contributed by atoms with Gasteiger partial charge in [-0.05, 0) is 37.0 Å². The van der Waals surface area contributed by atoms with E-state index in [0.29, 0.717) is 23.2 Å². The van der Waals surface area contributed by atoms with Crippen LogP contribution in [0.1, 0.15) is 37.0 Å². The number of carbonyl (C=O) groups excluding carboxylic acids is 1. The predicted molar refractivity (Wildman–Crippen MR) is 84.1 cm³/mol. The molecule has 1 saturated carbocycles. The standard InChI is InChI=1S/C16H25N3O/c1-11(2)10-19(13-6-7-13)16(20)14-9-12(17)5-8-15(14)18(3)4/h5,8-9,11,13H,6-7,10,17H2,1-4H3. The first-order valence-corrected chi connectivity index (χ1v) is 7.28. The van der Waals surface area contributed by atoms with E-state index in [1.54, 1.807) is 6.07 Å². The van der Waals surface area contributed by atoms with Gasteiger partial charge in [0.2, 0.25) is 0 Å². The van der Waals surface area contributed by atoms with Crippen LogP contribution in [0.2, 0.25) is 0 Å². The van der Waals surface area contributed by atoms with Gasteiger partial charge in [-0.3, -0.25) is 4.79 Å². The molecule has 0 atom stereocenters. The number of nitrogen functional groups attached to an aromatic ring is 1. The Kier molecular flexibility index (Phi) is 4.21. The van der Waals surface area contributed by atoms with Crippen molar-refractivity contribution in [2.45, 2.75) is 32.7 Å². The first kappa shape index (κ1) is 14.7. The minimum absolute atomic E-state index is 0.109. The van der Waals surface area contributed by atoms with Crippen LogP contribution in [0.25, 0.3) is 0 Å². The second kappa shape index (κ2) is 5.73. The molecule has 0 aromatic heterocycles. The van der Waals surface area contributed by atoms with Crippen LogP contribution in [0.5, 0.6) is 0 Å².